The molecule has 256 valence electrons. The van der Waals surface area contributed by atoms with Crippen molar-refractivity contribution in [1.29, 1.82) is 0 Å². The highest BCUT2D eigenvalue weighted by atomic mass is 35.5. The average molecular weight is 692 g/mol. The monoisotopic (exact) mass is 691 g/mol. The summed E-state index contributed by atoms with van der Waals surface area (Å²) in [7, 11) is -1.18. The molecule has 4 aliphatic rings. The molecule has 1 aromatic heterocycles. The summed E-state index contributed by atoms with van der Waals surface area (Å²) in [5.74, 6) is 5.53. The van der Waals surface area contributed by atoms with Gasteiger partial charge in [0.15, 0.2) is 5.89 Å². The third kappa shape index (κ3) is 6.07. The first-order valence-electron chi connectivity index (χ1n) is 17.1. The fourth-order valence-electron chi connectivity index (χ4n) is 8.51. The topological polar surface area (TPSA) is 93.9 Å². The molecule has 1 N–H and O–H groups in total. The van der Waals surface area contributed by atoms with Gasteiger partial charge in [0, 0.05) is 41.5 Å². The molecule has 2 aliphatic carbocycles. The Morgan fingerprint density at radius 1 is 1.21 bits per heavy atom. The van der Waals surface area contributed by atoms with E-state index in [9.17, 15) is 9.00 Å². The van der Waals surface area contributed by atoms with Crippen LogP contribution in [0.5, 0.6) is 5.75 Å². The molecule has 1 spiro atoms. The Morgan fingerprint density at radius 3 is 2.81 bits per heavy atom. The highest BCUT2D eigenvalue weighted by Crippen LogP contribution is 2.49. The van der Waals surface area contributed by atoms with Gasteiger partial charge in [0.2, 0.25) is 0 Å². The molecular formula is C38H46ClN3O5S. The van der Waals surface area contributed by atoms with Gasteiger partial charge in [0.1, 0.15) is 12.0 Å². The molecule has 0 saturated heterocycles. The summed E-state index contributed by atoms with van der Waals surface area (Å²) in [6.45, 7) is 5.98. The van der Waals surface area contributed by atoms with Crippen molar-refractivity contribution in [2.45, 2.75) is 75.1 Å². The zero-order valence-corrected chi connectivity index (χ0v) is 29.7. The van der Waals surface area contributed by atoms with E-state index in [2.05, 4.69) is 51.7 Å². The van der Waals surface area contributed by atoms with Crippen molar-refractivity contribution in [3.8, 4) is 5.75 Å². The lowest BCUT2D eigenvalue weighted by molar-refractivity contribution is -0.0776. The number of oxazole rings is 1. The van der Waals surface area contributed by atoms with Gasteiger partial charge in [-0.25, -0.2) is 9.19 Å². The lowest BCUT2D eigenvalue weighted by Gasteiger charge is -2.50. The second-order valence-corrected chi connectivity index (χ2v) is 17.3. The number of carbonyl (C=O) groups is 1. The van der Waals surface area contributed by atoms with Crippen LogP contribution in [0.2, 0.25) is 5.02 Å². The van der Waals surface area contributed by atoms with Crippen LogP contribution in [0.1, 0.15) is 73.3 Å². The Balaban J connectivity index is 1.34. The lowest BCUT2D eigenvalue weighted by atomic mass is 9.63. The zero-order valence-electron chi connectivity index (χ0n) is 28.1. The first kappa shape index (κ1) is 33.2. The molecule has 48 heavy (non-hydrogen) atoms. The van der Waals surface area contributed by atoms with Crippen LogP contribution in [0.25, 0.3) is 0 Å². The van der Waals surface area contributed by atoms with Crippen LogP contribution >= 0.6 is 11.6 Å². The number of ether oxygens (including phenoxy) is 2. The molecule has 8 nitrogen and oxygen atoms in total. The number of aromatic nitrogens is 1. The number of fused-ring (bicyclic) bond motifs is 4. The number of methoxy groups -OCH3 is 1. The maximum Gasteiger partial charge on any atom is 0.262 e. The highest BCUT2D eigenvalue weighted by molar-refractivity contribution is 7.99. The van der Waals surface area contributed by atoms with E-state index >= 15 is 0 Å². The van der Waals surface area contributed by atoms with Gasteiger partial charge in [-0.2, -0.15) is 0 Å². The SMILES string of the molecule is C=S1(=O)NC(=O)c2ccc3c(c2)N(C[C@@H]2CC[C@H]2[C@@](Cc2ncco2)(OC)/C=C/C[C@H](C)[C@H]1C)C[C@@]1(CCCc2cc(Cl)ccc21)CO3. The van der Waals surface area contributed by atoms with Crippen LogP contribution in [0.4, 0.5) is 5.69 Å². The van der Waals surface area contributed by atoms with Crippen molar-refractivity contribution in [2.24, 2.45) is 17.8 Å². The number of carbonyl (C=O) groups excluding carboxylic acids is 1. The van der Waals surface area contributed by atoms with Crippen molar-refractivity contribution in [3.63, 3.8) is 0 Å². The number of nitrogens with one attached hydrogen (secondary N) is 1. The third-order valence-electron chi connectivity index (χ3n) is 11.7. The van der Waals surface area contributed by atoms with E-state index in [4.69, 9.17) is 25.5 Å². The molecule has 7 rings (SSSR count). The number of anilines is 1. The molecule has 0 radical (unpaired) electrons. The summed E-state index contributed by atoms with van der Waals surface area (Å²) in [5.41, 5.74) is 3.01. The molecule has 2 aromatic carbocycles. The maximum atomic E-state index is 13.9. The van der Waals surface area contributed by atoms with Crippen LogP contribution in [-0.2, 0) is 32.7 Å². The molecule has 1 saturated carbocycles. The van der Waals surface area contributed by atoms with Gasteiger partial charge in [-0.05, 0) is 111 Å². The number of nitrogens with zero attached hydrogens (tertiary/aromatic N) is 2. The number of allylic oxidation sites excluding steroid dienone is 1. The van der Waals surface area contributed by atoms with E-state index in [0.717, 1.165) is 61.7 Å². The summed E-state index contributed by atoms with van der Waals surface area (Å²) in [6, 6.07) is 11.9. The molecule has 2 aliphatic heterocycles. The summed E-state index contributed by atoms with van der Waals surface area (Å²) < 4.78 is 35.6. The first-order chi connectivity index (χ1) is 23.0. The molecule has 1 amide bonds. The van der Waals surface area contributed by atoms with Crippen molar-refractivity contribution < 1.29 is 22.9 Å². The van der Waals surface area contributed by atoms with Gasteiger partial charge in [0.05, 0.1) is 40.2 Å². The molecule has 7 atom stereocenters. The minimum atomic E-state index is -2.97. The summed E-state index contributed by atoms with van der Waals surface area (Å²) in [5, 5.41) is 0.391. The number of rotatable bonds is 3. The quantitative estimate of drug-likeness (QED) is 0.239. The predicted octanol–water partition coefficient (Wildman–Crippen LogP) is 6.80. The second-order valence-electron chi connectivity index (χ2n) is 14.5. The number of hydrogen-bond acceptors (Lipinski definition) is 7. The lowest BCUT2D eigenvalue weighted by Crippen LogP contribution is -2.54. The van der Waals surface area contributed by atoms with Crippen molar-refractivity contribution in [2.75, 3.05) is 31.7 Å². The van der Waals surface area contributed by atoms with Crippen LogP contribution in [0.15, 0.2) is 65.4 Å². The van der Waals surface area contributed by atoms with Gasteiger partial charge < -0.3 is 18.8 Å². The third-order valence-corrected chi connectivity index (χ3v) is 14.1. The molecule has 2 bridgehead atoms. The number of amides is 1. The predicted molar refractivity (Wildman–Crippen MR) is 191 cm³/mol. The van der Waals surface area contributed by atoms with E-state index in [1.165, 1.54) is 11.1 Å². The van der Waals surface area contributed by atoms with E-state index in [1.807, 2.05) is 25.1 Å². The Hall–Kier alpha value is -3.27. The Labute approximate surface area is 289 Å². The molecule has 10 heteroatoms. The standard InChI is InChI=1S/C38H46ClN3O5S/c1-25-7-5-16-38(45-3,21-35-40-17-18-46-35)32-12-9-29(32)22-42-23-37(15-6-8-27-19-30(39)11-13-31(27)37)24-47-34-14-10-28(20-33(34)42)36(43)41-48(4,44)26(25)2/h5,10-11,13-14,16-20,25-26,29,32H,4,6-9,12,15,21-24H2,1-3H3,(H,41,43,44)/b16-5+/t25-,26+,29-,32+,37-,38+,48?/m0/s1. The van der Waals surface area contributed by atoms with Crippen molar-refractivity contribution >= 4 is 38.8 Å². The second kappa shape index (κ2) is 12.9. The van der Waals surface area contributed by atoms with Crippen LogP contribution in [0.3, 0.4) is 0 Å². The number of benzene rings is 2. The largest absolute Gasteiger partial charge is 0.490 e. The van der Waals surface area contributed by atoms with Crippen LogP contribution < -0.4 is 14.4 Å². The van der Waals surface area contributed by atoms with E-state index in [1.54, 1.807) is 25.6 Å². The number of aryl methyl sites for hydroxylation is 1. The fourth-order valence-corrected chi connectivity index (χ4v) is 10.2. The molecule has 3 aromatic rings. The Bertz CT molecular complexity index is 1810. The van der Waals surface area contributed by atoms with Gasteiger partial charge in [-0.15, -0.1) is 0 Å². The summed E-state index contributed by atoms with van der Waals surface area (Å²) in [6.07, 6.45) is 13.9. The van der Waals surface area contributed by atoms with Gasteiger partial charge in [0.25, 0.3) is 5.91 Å². The van der Waals surface area contributed by atoms with E-state index in [-0.39, 0.29) is 28.4 Å². The first-order valence-corrected chi connectivity index (χ1v) is 19.3. The molecular weight excluding hydrogens is 646 g/mol. The molecule has 3 heterocycles. The van der Waals surface area contributed by atoms with Crippen LogP contribution in [-0.4, -0.2) is 58.6 Å². The van der Waals surface area contributed by atoms with Crippen LogP contribution in [0, 0.1) is 17.8 Å². The Morgan fingerprint density at radius 2 is 2.06 bits per heavy atom. The van der Waals surface area contributed by atoms with Crippen molar-refractivity contribution in [1.82, 2.24) is 9.71 Å². The van der Waals surface area contributed by atoms with Gasteiger partial charge in [-0.1, -0.05) is 36.7 Å². The highest BCUT2D eigenvalue weighted by Gasteiger charge is 2.49. The maximum absolute atomic E-state index is 13.9. The van der Waals surface area contributed by atoms with E-state index < -0.39 is 15.3 Å². The summed E-state index contributed by atoms with van der Waals surface area (Å²) >= 11 is 6.47. The smallest absolute Gasteiger partial charge is 0.262 e. The minimum Gasteiger partial charge on any atom is -0.490 e. The normalized spacial score (nSPS) is 34.2. The number of hydrogen-bond donors (Lipinski definition) is 1. The minimum absolute atomic E-state index is 0.00619. The molecule has 1 unspecified atom stereocenters. The molecule has 1 fully saturated rings. The van der Waals surface area contributed by atoms with Gasteiger partial charge >= 0.3 is 0 Å². The number of halogens is 1. The van der Waals surface area contributed by atoms with Crippen molar-refractivity contribution in [3.05, 3.63) is 88.6 Å². The average Bonchev–Trinajstić information content (AvgIpc) is 3.51. The van der Waals surface area contributed by atoms with E-state index in [0.29, 0.717) is 36.8 Å². The Kier molecular flexibility index (Phi) is 8.92. The zero-order chi connectivity index (χ0) is 33.7. The van der Waals surface area contributed by atoms with Gasteiger partial charge in [-0.3, -0.25) is 9.52 Å². The fraction of sp³-hybridized carbons (Fsp3) is 0.500. The summed E-state index contributed by atoms with van der Waals surface area (Å²) in [4.78, 5) is 20.6.